The predicted octanol–water partition coefficient (Wildman–Crippen LogP) is 3.63. The van der Waals surface area contributed by atoms with Crippen LogP contribution in [0, 0.1) is 0 Å². The number of alkyl halides is 3. The zero-order chi connectivity index (χ0) is 20.4. The standard InChI is InChI=1S/C17H17BrF3N3O3S/c18-14-8-22-16(23-9-14)27-15-2-1-7-24(10-15)28(25,26)11-12-3-5-13(6-4-12)17(19,20)21/h3-6,8-9,15H,1-2,7,10-11H2. The van der Waals surface area contributed by atoms with Gasteiger partial charge in [0.1, 0.15) is 6.10 Å². The van der Waals surface area contributed by atoms with Crippen molar-refractivity contribution in [2.45, 2.75) is 30.9 Å². The fourth-order valence-electron chi connectivity index (χ4n) is 2.86. The summed E-state index contributed by atoms with van der Waals surface area (Å²) in [6, 6.07) is 4.31. The minimum atomic E-state index is -4.45. The van der Waals surface area contributed by atoms with E-state index in [0.717, 1.165) is 12.1 Å². The van der Waals surface area contributed by atoms with Gasteiger partial charge < -0.3 is 4.74 Å². The first-order valence-electron chi connectivity index (χ1n) is 8.42. The molecule has 0 amide bonds. The first kappa shape index (κ1) is 21.0. The van der Waals surface area contributed by atoms with Gasteiger partial charge in [0.2, 0.25) is 10.0 Å². The Labute approximate surface area is 168 Å². The molecule has 1 fully saturated rings. The van der Waals surface area contributed by atoms with E-state index in [1.54, 1.807) is 0 Å². The molecule has 152 valence electrons. The summed E-state index contributed by atoms with van der Waals surface area (Å²) in [5.41, 5.74) is -0.512. The lowest BCUT2D eigenvalue weighted by atomic mass is 10.1. The molecule has 0 saturated carbocycles. The molecule has 1 aliphatic heterocycles. The number of hydrogen-bond acceptors (Lipinski definition) is 5. The number of benzene rings is 1. The Kier molecular flexibility index (Phi) is 6.25. The Morgan fingerprint density at radius 2 is 1.82 bits per heavy atom. The van der Waals surface area contributed by atoms with Crippen molar-refractivity contribution in [1.82, 2.24) is 14.3 Å². The summed E-state index contributed by atoms with van der Waals surface area (Å²) in [7, 11) is -3.69. The van der Waals surface area contributed by atoms with Gasteiger partial charge in [-0.2, -0.15) is 17.5 Å². The second-order valence-corrected chi connectivity index (χ2v) is 9.26. The summed E-state index contributed by atoms with van der Waals surface area (Å²) in [5.74, 6) is -0.368. The Bertz CT molecular complexity index is 906. The third-order valence-electron chi connectivity index (χ3n) is 4.23. The normalized spacial score (nSPS) is 18.8. The van der Waals surface area contributed by atoms with E-state index in [0.29, 0.717) is 29.4 Å². The molecule has 1 atom stereocenters. The fourth-order valence-corrected chi connectivity index (χ4v) is 4.66. The topological polar surface area (TPSA) is 72.4 Å². The van der Waals surface area contributed by atoms with Crippen LogP contribution in [0.15, 0.2) is 41.1 Å². The summed E-state index contributed by atoms with van der Waals surface area (Å²) in [6.45, 7) is 0.479. The molecule has 2 heterocycles. The highest BCUT2D eigenvalue weighted by Gasteiger charge is 2.32. The number of aromatic nitrogens is 2. The Balaban J connectivity index is 1.65. The van der Waals surface area contributed by atoms with E-state index in [2.05, 4.69) is 25.9 Å². The van der Waals surface area contributed by atoms with Crippen molar-refractivity contribution < 1.29 is 26.3 Å². The van der Waals surface area contributed by atoms with Crippen molar-refractivity contribution in [1.29, 1.82) is 0 Å². The molecule has 2 aromatic rings. The van der Waals surface area contributed by atoms with Crippen LogP contribution < -0.4 is 4.74 Å². The molecule has 0 bridgehead atoms. The molecule has 1 saturated heterocycles. The van der Waals surface area contributed by atoms with Crippen LogP contribution in [0.3, 0.4) is 0 Å². The lowest BCUT2D eigenvalue weighted by Gasteiger charge is -2.31. The van der Waals surface area contributed by atoms with Gasteiger partial charge in [0.25, 0.3) is 0 Å². The molecule has 1 unspecified atom stereocenters. The van der Waals surface area contributed by atoms with E-state index in [1.165, 1.54) is 28.8 Å². The van der Waals surface area contributed by atoms with E-state index in [1.807, 2.05) is 0 Å². The minimum Gasteiger partial charge on any atom is -0.459 e. The molecule has 0 N–H and O–H groups in total. The van der Waals surface area contributed by atoms with Gasteiger partial charge in [-0.1, -0.05) is 12.1 Å². The molecule has 11 heteroatoms. The molecule has 28 heavy (non-hydrogen) atoms. The Morgan fingerprint density at radius 1 is 1.18 bits per heavy atom. The number of rotatable bonds is 5. The molecule has 1 aliphatic rings. The molecule has 1 aromatic carbocycles. The lowest BCUT2D eigenvalue weighted by Crippen LogP contribution is -2.44. The number of hydrogen-bond donors (Lipinski definition) is 0. The van der Waals surface area contributed by atoms with Gasteiger partial charge in [-0.05, 0) is 46.5 Å². The van der Waals surface area contributed by atoms with Crippen molar-refractivity contribution >= 4 is 26.0 Å². The highest BCUT2D eigenvalue weighted by molar-refractivity contribution is 9.10. The zero-order valence-electron chi connectivity index (χ0n) is 14.6. The maximum absolute atomic E-state index is 12.7. The molecule has 0 radical (unpaired) electrons. The third-order valence-corrected chi connectivity index (χ3v) is 6.46. The summed E-state index contributed by atoms with van der Waals surface area (Å²) in [5, 5.41) is 0. The van der Waals surface area contributed by atoms with Crippen molar-refractivity contribution in [3.63, 3.8) is 0 Å². The van der Waals surface area contributed by atoms with Crippen LogP contribution >= 0.6 is 15.9 Å². The van der Waals surface area contributed by atoms with Gasteiger partial charge in [0, 0.05) is 18.9 Å². The quantitative estimate of drug-likeness (QED) is 0.654. The molecular formula is C17H17BrF3N3O3S. The number of nitrogens with zero attached hydrogens (tertiary/aromatic N) is 3. The maximum Gasteiger partial charge on any atom is 0.416 e. The van der Waals surface area contributed by atoms with Crippen molar-refractivity contribution in [2.24, 2.45) is 0 Å². The highest BCUT2D eigenvalue weighted by atomic mass is 79.9. The fraction of sp³-hybridized carbons (Fsp3) is 0.412. The van der Waals surface area contributed by atoms with Gasteiger partial charge in [-0.25, -0.2) is 18.4 Å². The van der Waals surface area contributed by atoms with Crippen LogP contribution in [0.25, 0.3) is 0 Å². The van der Waals surface area contributed by atoms with E-state index in [-0.39, 0.29) is 18.3 Å². The van der Waals surface area contributed by atoms with Crippen LogP contribution in [0.4, 0.5) is 13.2 Å². The summed E-state index contributed by atoms with van der Waals surface area (Å²) < 4.78 is 71.0. The molecule has 6 nitrogen and oxygen atoms in total. The van der Waals surface area contributed by atoms with Gasteiger partial charge in [-0.15, -0.1) is 0 Å². The van der Waals surface area contributed by atoms with Crippen LogP contribution in [0.2, 0.25) is 0 Å². The van der Waals surface area contributed by atoms with E-state index in [4.69, 9.17) is 4.74 Å². The zero-order valence-corrected chi connectivity index (χ0v) is 17.0. The lowest BCUT2D eigenvalue weighted by molar-refractivity contribution is -0.137. The van der Waals surface area contributed by atoms with Crippen LogP contribution in [0.1, 0.15) is 24.0 Å². The second-order valence-electron chi connectivity index (χ2n) is 6.37. The molecule has 0 aliphatic carbocycles. The summed E-state index contributed by atoms with van der Waals surface area (Å²) in [6.07, 6.45) is -0.519. The average molecular weight is 480 g/mol. The highest BCUT2D eigenvalue weighted by Crippen LogP contribution is 2.29. The van der Waals surface area contributed by atoms with Gasteiger partial charge in [-0.3, -0.25) is 0 Å². The summed E-state index contributed by atoms with van der Waals surface area (Å²) in [4.78, 5) is 8.03. The first-order valence-corrected chi connectivity index (χ1v) is 10.8. The van der Waals surface area contributed by atoms with E-state index < -0.39 is 27.9 Å². The van der Waals surface area contributed by atoms with Gasteiger partial charge in [0.05, 0.1) is 22.3 Å². The van der Waals surface area contributed by atoms with Crippen molar-refractivity contribution in [2.75, 3.05) is 13.1 Å². The second kappa shape index (κ2) is 8.34. The van der Waals surface area contributed by atoms with Crippen LogP contribution in [-0.2, 0) is 22.0 Å². The van der Waals surface area contributed by atoms with Crippen LogP contribution in [-0.4, -0.2) is 41.9 Å². The van der Waals surface area contributed by atoms with Crippen molar-refractivity contribution in [3.8, 4) is 6.01 Å². The third kappa shape index (κ3) is 5.42. The maximum atomic E-state index is 12.7. The van der Waals surface area contributed by atoms with E-state index >= 15 is 0 Å². The minimum absolute atomic E-state index is 0.141. The number of piperidine rings is 1. The number of halogens is 4. The van der Waals surface area contributed by atoms with Crippen LogP contribution in [0.5, 0.6) is 6.01 Å². The first-order chi connectivity index (χ1) is 13.1. The molecule has 1 aromatic heterocycles. The predicted molar refractivity (Wildman–Crippen MR) is 99.0 cm³/mol. The molecule has 0 spiro atoms. The molecule has 3 rings (SSSR count). The smallest absolute Gasteiger partial charge is 0.416 e. The van der Waals surface area contributed by atoms with Crippen molar-refractivity contribution in [3.05, 3.63) is 52.3 Å². The monoisotopic (exact) mass is 479 g/mol. The van der Waals surface area contributed by atoms with Gasteiger partial charge >= 0.3 is 12.2 Å². The largest absolute Gasteiger partial charge is 0.459 e. The molecular weight excluding hydrogens is 463 g/mol. The van der Waals surface area contributed by atoms with E-state index in [9.17, 15) is 21.6 Å². The Hall–Kier alpha value is -1.72. The number of ether oxygens (including phenoxy) is 1. The number of sulfonamides is 1. The summed E-state index contributed by atoms with van der Waals surface area (Å²) >= 11 is 3.22. The average Bonchev–Trinajstić information content (AvgIpc) is 2.63. The van der Waals surface area contributed by atoms with Gasteiger partial charge in [0.15, 0.2) is 0 Å². The SMILES string of the molecule is O=S(=O)(Cc1ccc(C(F)(F)F)cc1)N1CCCC(Oc2ncc(Br)cn2)C1. The Morgan fingerprint density at radius 3 is 2.43 bits per heavy atom.